The van der Waals surface area contributed by atoms with Crippen LogP contribution in [0.3, 0.4) is 0 Å². The highest BCUT2D eigenvalue weighted by atomic mass is 16.4. The Morgan fingerprint density at radius 1 is 1.12 bits per heavy atom. The first kappa shape index (κ1) is 11.8. The SMILES string of the molecule is CC#CC(C(=O)O)(C(=O)O)c1ccccc1. The maximum absolute atomic E-state index is 11.2. The Hall–Kier alpha value is -2.28. The second-order valence-electron chi connectivity index (χ2n) is 3.10. The molecular weight excluding hydrogens is 208 g/mol. The van der Waals surface area contributed by atoms with Gasteiger partial charge in [-0.05, 0) is 12.5 Å². The van der Waals surface area contributed by atoms with Gasteiger partial charge in [-0.1, -0.05) is 36.3 Å². The van der Waals surface area contributed by atoms with Gasteiger partial charge in [0.25, 0.3) is 0 Å². The molecule has 0 unspecified atom stereocenters. The molecule has 0 aliphatic carbocycles. The van der Waals surface area contributed by atoms with Gasteiger partial charge in [0.05, 0.1) is 0 Å². The van der Waals surface area contributed by atoms with Gasteiger partial charge < -0.3 is 10.2 Å². The van der Waals surface area contributed by atoms with Gasteiger partial charge in [0.15, 0.2) is 0 Å². The van der Waals surface area contributed by atoms with Crippen LogP contribution < -0.4 is 0 Å². The minimum atomic E-state index is -2.18. The number of carboxylic acid groups (broad SMARTS) is 2. The molecule has 0 amide bonds. The predicted octanol–water partition coefficient (Wildman–Crippen LogP) is 1.12. The summed E-state index contributed by atoms with van der Waals surface area (Å²) in [4.78, 5) is 22.3. The molecule has 0 bridgehead atoms. The van der Waals surface area contributed by atoms with Crippen molar-refractivity contribution in [2.24, 2.45) is 0 Å². The third-order valence-corrected chi connectivity index (χ3v) is 2.16. The van der Waals surface area contributed by atoms with E-state index < -0.39 is 17.4 Å². The zero-order valence-corrected chi connectivity index (χ0v) is 8.60. The molecule has 0 heterocycles. The van der Waals surface area contributed by atoms with Crippen molar-refractivity contribution in [1.29, 1.82) is 0 Å². The van der Waals surface area contributed by atoms with Crippen molar-refractivity contribution in [3.05, 3.63) is 35.9 Å². The minimum Gasteiger partial charge on any atom is -0.479 e. The Balaban J connectivity index is 3.50. The van der Waals surface area contributed by atoms with Gasteiger partial charge >= 0.3 is 11.9 Å². The van der Waals surface area contributed by atoms with E-state index in [1.165, 1.54) is 19.1 Å². The standard InChI is InChI=1S/C12H10O4/c1-2-8-12(10(13)14,11(15)16)9-6-4-3-5-7-9/h3-7H,1H3,(H,13,14)(H,15,16). The number of carbonyl (C=O) groups is 2. The first-order chi connectivity index (χ1) is 7.55. The molecule has 82 valence electrons. The molecule has 1 aromatic rings. The molecular formula is C12H10O4. The second kappa shape index (κ2) is 4.49. The van der Waals surface area contributed by atoms with Crippen LogP contribution in [-0.2, 0) is 15.0 Å². The average molecular weight is 218 g/mol. The Morgan fingerprint density at radius 3 is 2.00 bits per heavy atom. The molecule has 2 N–H and O–H groups in total. The summed E-state index contributed by atoms with van der Waals surface area (Å²) in [6.45, 7) is 1.41. The maximum Gasteiger partial charge on any atom is 0.338 e. The Morgan fingerprint density at radius 2 is 1.62 bits per heavy atom. The van der Waals surface area contributed by atoms with E-state index >= 15 is 0 Å². The average Bonchev–Trinajstić information content (AvgIpc) is 2.26. The van der Waals surface area contributed by atoms with Crippen molar-refractivity contribution in [3.8, 4) is 11.8 Å². The Labute approximate surface area is 92.5 Å². The van der Waals surface area contributed by atoms with Crippen molar-refractivity contribution >= 4 is 11.9 Å². The van der Waals surface area contributed by atoms with Crippen LogP contribution in [0.1, 0.15) is 12.5 Å². The fourth-order valence-electron chi connectivity index (χ4n) is 1.39. The van der Waals surface area contributed by atoms with Crippen LogP contribution in [0.4, 0.5) is 0 Å². The van der Waals surface area contributed by atoms with Crippen LogP contribution in [0.2, 0.25) is 0 Å². The van der Waals surface area contributed by atoms with E-state index in [0.29, 0.717) is 0 Å². The highest BCUT2D eigenvalue weighted by molar-refractivity contribution is 6.08. The summed E-state index contributed by atoms with van der Waals surface area (Å²) in [7, 11) is 0. The van der Waals surface area contributed by atoms with Crippen LogP contribution >= 0.6 is 0 Å². The van der Waals surface area contributed by atoms with E-state index in [4.69, 9.17) is 10.2 Å². The van der Waals surface area contributed by atoms with E-state index in [0.717, 1.165) is 0 Å². The number of rotatable bonds is 3. The van der Waals surface area contributed by atoms with Crippen LogP contribution in [-0.4, -0.2) is 22.2 Å². The molecule has 0 saturated heterocycles. The normalized spacial score (nSPS) is 10.1. The highest BCUT2D eigenvalue weighted by Crippen LogP contribution is 2.24. The molecule has 0 saturated carbocycles. The van der Waals surface area contributed by atoms with Crippen LogP contribution in [0, 0.1) is 11.8 Å². The van der Waals surface area contributed by atoms with Gasteiger partial charge in [0.2, 0.25) is 5.41 Å². The van der Waals surface area contributed by atoms with Crippen molar-refractivity contribution in [1.82, 2.24) is 0 Å². The number of hydrogen-bond acceptors (Lipinski definition) is 2. The maximum atomic E-state index is 11.2. The van der Waals surface area contributed by atoms with Crippen molar-refractivity contribution < 1.29 is 19.8 Å². The van der Waals surface area contributed by atoms with Crippen molar-refractivity contribution in [3.63, 3.8) is 0 Å². The number of hydrogen-bond donors (Lipinski definition) is 2. The lowest BCUT2D eigenvalue weighted by Gasteiger charge is -2.18. The molecule has 1 rings (SSSR count). The second-order valence-corrected chi connectivity index (χ2v) is 3.10. The summed E-state index contributed by atoms with van der Waals surface area (Å²) in [6, 6.07) is 7.71. The molecule has 0 aromatic heterocycles. The quantitative estimate of drug-likeness (QED) is 0.588. The zero-order chi connectivity index (χ0) is 12.2. The minimum absolute atomic E-state index is 0.143. The van der Waals surface area contributed by atoms with Gasteiger partial charge in [0, 0.05) is 0 Å². The molecule has 1 aromatic carbocycles. The van der Waals surface area contributed by atoms with Crippen LogP contribution in [0.15, 0.2) is 30.3 Å². The summed E-state index contributed by atoms with van der Waals surface area (Å²) >= 11 is 0. The first-order valence-electron chi connectivity index (χ1n) is 4.52. The van der Waals surface area contributed by atoms with Crippen LogP contribution in [0.25, 0.3) is 0 Å². The van der Waals surface area contributed by atoms with Gasteiger partial charge in [0.1, 0.15) is 0 Å². The van der Waals surface area contributed by atoms with E-state index in [1.807, 2.05) is 0 Å². The van der Waals surface area contributed by atoms with Gasteiger partial charge in [-0.15, -0.1) is 5.92 Å². The summed E-state index contributed by atoms with van der Waals surface area (Å²) in [5.41, 5.74) is -2.04. The molecule has 0 spiro atoms. The summed E-state index contributed by atoms with van der Waals surface area (Å²) in [5.74, 6) is 1.65. The fourth-order valence-corrected chi connectivity index (χ4v) is 1.39. The largest absolute Gasteiger partial charge is 0.479 e. The van der Waals surface area contributed by atoms with Gasteiger partial charge in [-0.2, -0.15) is 0 Å². The molecule has 4 heteroatoms. The van der Waals surface area contributed by atoms with E-state index in [9.17, 15) is 9.59 Å². The van der Waals surface area contributed by atoms with E-state index in [2.05, 4.69) is 11.8 Å². The number of carboxylic acids is 2. The summed E-state index contributed by atoms with van der Waals surface area (Å²) in [5, 5.41) is 18.2. The molecule has 0 atom stereocenters. The molecule has 0 fully saturated rings. The van der Waals surface area contributed by atoms with Gasteiger partial charge in [-0.3, -0.25) is 0 Å². The number of aliphatic carboxylic acids is 2. The lowest BCUT2D eigenvalue weighted by Crippen LogP contribution is -2.42. The van der Waals surface area contributed by atoms with E-state index in [-0.39, 0.29) is 5.56 Å². The zero-order valence-electron chi connectivity index (χ0n) is 8.60. The Bertz CT molecular complexity index is 451. The fraction of sp³-hybridized carbons (Fsp3) is 0.167. The molecule has 0 aliphatic rings. The smallest absolute Gasteiger partial charge is 0.338 e. The summed E-state index contributed by atoms with van der Waals surface area (Å²) < 4.78 is 0. The topological polar surface area (TPSA) is 74.6 Å². The number of benzene rings is 1. The lowest BCUT2D eigenvalue weighted by atomic mass is 9.81. The highest BCUT2D eigenvalue weighted by Gasteiger charge is 2.47. The first-order valence-corrected chi connectivity index (χ1v) is 4.52. The monoisotopic (exact) mass is 218 g/mol. The van der Waals surface area contributed by atoms with Crippen LogP contribution in [0.5, 0.6) is 0 Å². The van der Waals surface area contributed by atoms with E-state index in [1.54, 1.807) is 18.2 Å². The third-order valence-electron chi connectivity index (χ3n) is 2.16. The van der Waals surface area contributed by atoms with Crippen molar-refractivity contribution in [2.45, 2.75) is 12.3 Å². The lowest BCUT2D eigenvalue weighted by molar-refractivity contribution is -0.154. The summed E-state index contributed by atoms with van der Waals surface area (Å²) in [6.07, 6.45) is 0. The van der Waals surface area contributed by atoms with Gasteiger partial charge in [-0.25, -0.2) is 9.59 Å². The third kappa shape index (κ3) is 1.75. The molecule has 16 heavy (non-hydrogen) atoms. The molecule has 4 nitrogen and oxygen atoms in total. The van der Waals surface area contributed by atoms with Crippen molar-refractivity contribution in [2.75, 3.05) is 0 Å². The predicted molar refractivity (Wildman–Crippen MR) is 56.8 cm³/mol. The Kier molecular flexibility index (Phi) is 3.31. The molecule has 0 aliphatic heterocycles. The molecule has 0 radical (unpaired) electrons.